The Labute approximate surface area is 206 Å². The zero-order valence-corrected chi connectivity index (χ0v) is 20.3. The topological polar surface area (TPSA) is 123 Å². The summed E-state index contributed by atoms with van der Waals surface area (Å²) >= 11 is 0. The second-order valence-electron chi connectivity index (χ2n) is 9.77. The molecule has 0 aliphatic carbocycles. The van der Waals surface area contributed by atoms with Gasteiger partial charge in [-0.2, -0.15) is 0 Å². The van der Waals surface area contributed by atoms with Gasteiger partial charge < -0.3 is 10.3 Å². The molecule has 0 radical (unpaired) electrons. The minimum absolute atomic E-state index is 0.163. The van der Waals surface area contributed by atoms with Gasteiger partial charge >= 0.3 is 0 Å². The Morgan fingerprint density at radius 2 is 1.92 bits per heavy atom. The molecule has 1 aliphatic rings. The quantitative estimate of drug-likeness (QED) is 0.397. The number of nitrogens with one attached hydrogen (secondary N) is 2. The summed E-state index contributed by atoms with van der Waals surface area (Å²) in [6.45, 7) is 4.18. The van der Waals surface area contributed by atoms with Gasteiger partial charge in [-0.1, -0.05) is 38.1 Å². The number of hydrogen-bond acceptors (Lipinski definition) is 6. The smallest absolute Gasteiger partial charge is 0.262 e. The van der Waals surface area contributed by atoms with E-state index in [2.05, 4.69) is 39.7 Å². The van der Waals surface area contributed by atoms with Crippen LogP contribution >= 0.6 is 0 Å². The zero-order chi connectivity index (χ0) is 25.0. The standard InChI is InChI=1S/C26H26N8O2/c1-14(2)10-21-24-28-20-11-15(23-30-31-32-33(23)3)8-9-18(20)26(36)34(24)22(25(35)29-21)12-16-13-27-19-7-5-4-6-17(16)19/h4-9,11,13-14,21-22,27H,10,12H2,1-3H3,(H,29,35)/t21-,22+/m0/s1. The molecule has 36 heavy (non-hydrogen) atoms. The van der Waals surface area contributed by atoms with Crippen molar-refractivity contribution in [2.24, 2.45) is 13.0 Å². The number of tetrazole rings is 1. The first-order valence-corrected chi connectivity index (χ1v) is 12.0. The van der Waals surface area contributed by atoms with Crippen LogP contribution in [-0.2, 0) is 18.3 Å². The molecule has 5 aromatic rings. The van der Waals surface area contributed by atoms with Crippen LogP contribution in [0.15, 0.2) is 53.5 Å². The van der Waals surface area contributed by atoms with E-state index < -0.39 is 6.04 Å². The molecular formula is C26H26N8O2. The fourth-order valence-electron chi connectivity index (χ4n) is 5.15. The Hall–Kier alpha value is -4.34. The molecule has 2 N–H and O–H groups in total. The first-order valence-electron chi connectivity index (χ1n) is 12.0. The van der Waals surface area contributed by atoms with Crippen molar-refractivity contribution in [1.29, 1.82) is 0 Å². The van der Waals surface area contributed by atoms with Crippen LogP contribution in [0.1, 0.15) is 43.7 Å². The number of H-pyrrole nitrogens is 1. The lowest BCUT2D eigenvalue weighted by Crippen LogP contribution is -2.48. The van der Waals surface area contributed by atoms with Gasteiger partial charge in [0.15, 0.2) is 5.82 Å². The molecule has 0 spiro atoms. The number of aromatic nitrogens is 7. The lowest BCUT2D eigenvalue weighted by molar-refractivity contribution is -0.126. The maximum Gasteiger partial charge on any atom is 0.262 e. The molecule has 0 unspecified atom stereocenters. The molecular weight excluding hydrogens is 456 g/mol. The maximum atomic E-state index is 13.9. The van der Waals surface area contributed by atoms with Crippen LogP contribution in [0.5, 0.6) is 0 Å². The molecule has 1 aliphatic heterocycles. The fraction of sp³-hybridized carbons (Fsp3) is 0.308. The summed E-state index contributed by atoms with van der Waals surface area (Å²) in [5.74, 6) is 1.31. The van der Waals surface area contributed by atoms with Gasteiger partial charge in [-0.3, -0.25) is 14.2 Å². The highest BCUT2D eigenvalue weighted by Crippen LogP contribution is 2.31. The van der Waals surface area contributed by atoms with E-state index in [-0.39, 0.29) is 17.5 Å². The fourth-order valence-corrected chi connectivity index (χ4v) is 5.15. The van der Waals surface area contributed by atoms with Crippen molar-refractivity contribution >= 4 is 27.7 Å². The second kappa shape index (κ2) is 8.40. The Balaban J connectivity index is 1.52. The van der Waals surface area contributed by atoms with Gasteiger partial charge in [0, 0.05) is 36.1 Å². The summed E-state index contributed by atoms with van der Waals surface area (Å²) in [4.78, 5) is 35.5. The monoisotopic (exact) mass is 482 g/mol. The average molecular weight is 483 g/mol. The molecule has 6 rings (SSSR count). The van der Waals surface area contributed by atoms with Crippen LogP contribution in [0.4, 0.5) is 0 Å². The van der Waals surface area contributed by atoms with E-state index in [1.807, 2.05) is 42.6 Å². The molecule has 2 atom stereocenters. The van der Waals surface area contributed by atoms with Crippen molar-refractivity contribution in [3.8, 4) is 11.4 Å². The highest BCUT2D eigenvalue weighted by molar-refractivity contribution is 5.87. The molecule has 0 saturated heterocycles. The van der Waals surface area contributed by atoms with E-state index in [1.165, 1.54) is 0 Å². The predicted molar refractivity (Wildman–Crippen MR) is 135 cm³/mol. The second-order valence-corrected chi connectivity index (χ2v) is 9.77. The molecule has 10 nitrogen and oxygen atoms in total. The molecule has 2 aromatic carbocycles. The van der Waals surface area contributed by atoms with Crippen molar-refractivity contribution in [3.05, 3.63) is 70.4 Å². The van der Waals surface area contributed by atoms with Crippen molar-refractivity contribution in [3.63, 3.8) is 0 Å². The minimum atomic E-state index is -0.699. The molecule has 0 bridgehead atoms. The minimum Gasteiger partial charge on any atom is -0.361 e. The van der Waals surface area contributed by atoms with Crippen molar-refractivity contribution < 1.29 is 4.79 Å². The predicted octanol–water partition coefficient (Wildman–Crippen LogP) is 3.07. The number of nitrogens with zero attached hydrogens (tertiary/aromatic N) is 6. The van der Waals surface area contributed by atoms with E-state index in [0.29, 0.717) is 41.3 Å². The largest absolute Gasteiger partial charge is 0.361 e. The van der Waals surface area contributed by atoms with Gasteiger partial charge in [0.25, 0.3) is 5.56 Å². The highest BCUT2D eigenvalue weighted by atomic mass is 16.2. The number of aromatic amines is 1. The summed E-state index contributed by atoms with van der Waals surface area (Å²) in [5.41, 5.74) is 3.09. The number of benzene rings is 2. The summed E-state index contributed by atoms with van der Waals surface area (Å²) in [6, 6.07) is 12.3. The molecule has 4 heterocycles. The Kier molecular flexibility index (Phi) is 5.17. The van der Waals surface area contributed by atoms with Crippen molar-refractivity contribution in [2.75, 3.05) is 0 Å². The average Bonchev–Trinajstić information content (AvgIpc) is 3.47. The van der Waals surface area contributed by atoms with Gasteiger partial charge in [0.2, 0.25) is 5.91 Å². The molecule has 0 fully saturated rings. The molecule has 0 saturated carbocycles. The third kappa shape index (κ3) is 3.57. The van der Waals surface area contributed by atoms with Gasteiger partial charge in [-0.05, 0) is 46.5 Å². The third-order valence-corrected chi connectivity index (χ3v) is 6.84. The molecule has 1 amide bonds. The number of carbonyl (C=O) groups excluding carboxylic acids is 1. The molecule has 10 heteroatoms. The Morgan fingerprint density at radius 3 is 2.69 bits per heavy atom. The number of carbonyl (C=O) groups is 1. The van der Waals surface area contributed by atoms with Crippen LogP contribution in [0.2, 0.25) is 0 Å². The van der Waals surface area contributed by atoms with Crippen molar-refractivity contribution in [2.45, 2.75) is 38.8 Å². The number of aryl methyl sites for hydroxylation is 1. The van der Waals surface area contributed by atoms with Crippen LogP contribution in [0, 0.1) is 5.92 Å². The third-order valence-electron chi connectivity index (χ3n) is 6.84. The van der Waals surface area contributed by atoms with E-state index >= 15 is 0 Å². The summed E-state index contributed by atoms with van der Waals surface area (Å²) in [5, 5.41) is 16.3. The van der Waals surface area contributed by atoms with Gasteiger partial charge in [-0.15, -0.1) is 5.10 Å². The number of hydrogen-bond donors (Lipinski definition) is 2. The van der Waals surface area contributed by atoms with Gasteiger partial charge in [0.1, 0.15) is 11.9 Å². The summed E-state index contributed by atoms with van der Waals surface area (Å²) < 4.78 is 3.19. The molecule has 3 aromatic heterocycles. The number of para-hydroxylation sites is 1. The van der Waals surface area contributed by atoms with Crippen molar-refractivity contribution in [1.82, 2.24) is 40.1 Å². The summed E-state index contributed by atoms with van der Waals surface area (Å²) in [6.07, 6.45) is 2.97. The first kappa shape index (κ1) is 22.1. The maximum absolute atomic E-state index is 13.9. The first-order chi connectivity index (χ1) is 17.4. The van der Waals surface area contributed by atoms with Crippen LogP contribution in [0.25, 0.3) is 33.2 Å². The normalized spacial score (nSPS) is 17.6. The Morgan fingerprint density at radius 1 is 1.08 bits per heavy atom. The van der Waals surface area contributed by atoms with Crippen LogP contribution < -0.4 is 10.9 Å². The van der Waals surface area contributed by atoms with E-state index in [1.54, 1.807) is 22.4 Å². The van der Waals surface area contributed by atoms with Crippen LogP contribution in [0.3, 0.4) is 0 Å². The van der Waals surface area contributed by atoms with E-state index in [0.717, 1.165) is 22.0 Å². The van der Waals surface area contributed by atoms with E-state index in [4.69, 9.17) is 4.98 Å². The lowest BCUT2D eigenvalue weighted by atomic mass is 9.96. The lowest BCUT2D eigenvalue weighted by Gasteiger charge is -2.33. The van der Waals surface area contributed by atoms with Gasteiger partial charge in [-0.25, -0.2) is 9.67 Å². The number of fused-ring (bicyclic) bond motifs is 3. The SMILES string of the molecule is CC(C)C[C@@H]1NC(=O)[C@@H](Cc2c[nH]c3ccccc23)n2c1nc1cc(-c3nnnn3C)ccc1c2=O. The number of rotatable bonds is 5. The Bertz CT molecular complexity index is 1680. The number of amides is 1. The van der Waals surface area contributed by atoms with Crippen LogP contribution in [-0.4, -0.2) is 40.6 Å². The zero-order valence-electron chi connectivity index (χ0n) is 20.3. The summed E-state index contributed by atoms with van der Waals surface area (Å²) in [7, 11) is 1.76. The van der Waals surface area contributed by atoms with Gasteiger partial charge in [0.05, 0.1) is 16.9 Å². The highest BCUT2D eigenvalue weighted by Gasteiger charge is 2.36. The molecule has 182 valence electrons. The van der Waals surface area contributed by atoms with E-state index in [9.17, 15) is 9.59 Å².